The van der Waals surface area contributed by atoms with E-state index in [2.05, 4.69) is 25.2 Å². The summed E-state index contributed by atoms with van der Waals surface area (Å²) < 4.78 is 0. The van der Waals surface area contributed by atoms with E-state index in [1.807, 2.05) is 36.4 Å². The Bertz CT molecular complexity index is 544. The summed E-state index contributed by atoms with van der Waals surface area (Å²) in [5, 5.41) is 5.33. The Morgan fingerprint density at radius 1 is 1.06 bits per heavy atom. The molecule has 18 heavy (non-hydrogen) atoms. The predicted molar refractivity (Wildman–Crippen MR) is 75.8 cm³/mol. The molecule has 0 saturated carbocycles. The zero-order chi connectivity index (χ0) is 13.0. The molecule has 2 heteroatoms. The van der Waals surface area contributed by atoms with Gasteiger partial charge in [-0.15, -0.1) is 0 Å². The van der Waals surface area contributed by atoms with Crippen LogP contribution < -0.4 is 5.32 Å². The Morgan fingerprint density at radius 3 is 2.39 bits per heavy atom. The van der Waals surface area contributed by atoms with Crippen LogP contribution in [0.25, 0.3) is 10.8 Å². The molecule has 2 nitrogen and oxygen atoms in total. The van der Waals surface area contributed by atoms with Crippen molar-refractivity contribution in [3.05, 3.63) is 48.0 Å². The van der Waals surface area contributed by atoms with Crippen molar-refractivity contribution in [2.24, 2.45) is 0 Å². The third kappa shape index (κ3) is 2.70. The SMILES string of the molecule is CCC(CC)NC(=O)c1ccc2ccccc2c1. The molecule has 0 fully saturated rings. The molecule has 0 bridgehead atoms. The maximum absolute atomic E-state index is 12.1. The molecule has 2 aromatic carbocycles. The van der Waals surface area contributed by atoms with Gasteiger partial charge in [0.25, 0.3) is 5.91 Å². The van der Waals surface area contributed by atoms with E-state index >= 15 is 0 Å². The zero-order valence-corrected chi connectivity index (χ0v) is 10.9. The van der Waals surface area contributed by atoms with Crippen LogP contribution in [0.15, 0.2) is 42.5 Å². The molecule has 0 aliphatic heterocycles. The number of hydrogen-bond acceptors (Lipinski definition) is 1. The highest BCUT2D eigenvalue weighted by Crippen LogP contribution is 2.15. The molecule has 1 amide bonds. The molecule has 0 spiro atoms. The van der Waals surface area contributed by atoms with Gasteiger partial charge in [-0.3, -0.25) is 4.79 Å². The molecule has 0 aliphatic carbocycles. The topological polar surface area (TPSA) is 29.1 Å². The summed E-state index contributed by atoms with van der Waals surface area (Å²) in [6, 6.07) is 14.2. The minimum Gasteiger partial charge on any atom is -0.349 e. The number of benzene rings is 2. The van der Waals surface area contributed by atoms with Crippen molar-refractivity contribution >= 4 is 16.7 Å². The average molecular weight is 241 g/mol. The molecule has 2 aromatic rings. The molecule has 0 saturated heterocycles. The number of fused-ring (bicyclic) bond motifs is 1. The Balaban J connectivity index is 2.22. The third-order valence-corrected chi connectivity index (χ3v) is 3.33. The lowest BCUT2D eigenvalue weighted by Crippen LogP contribution is -2.33. The third-order valence-electron chi connectivity index (χ3n) is 3.33. The molecule has 0 atom stereocenters. The standard InChI is InChI=1S/C16H19NO/c1-3-15(4-2)17-16(18)14-10-9-12-7-5-6-8-13(12)11-14/h5-11,15H,3-4H2,1-2H3,(H,17,18). The predicted octanol–water partition coefficient (Wildman–Crippen LogP) is 3.76. The molecular weight excluding hydrogens is 222 g/mol. The van der Waals surface area contributed by atoms with Gasteiger partial charge in [-0.2, -0.15) is 0 Å². The first-order valence-corrected chi connectivity index (χ1v) is 6.54. The van der Waals surface area contributed by atoms with E-state index in [0.29, 0.717) is 0 Å². The summed E-state index contributed by atoms with van der Waals surface area (Å²) in [7, 11) is 0. The molecule has 0 aliphatic rings. The van der Waals surface area contributed by atoms with E-state index in [1.54, 1.807) is 0 Å². The van der Waals surface area contributed by atoms with Gasteiger partial charge in [0.15, 0.2) is 0 Å². The number of rotatable bonds is 4. The molecule has 94 valence electrons. The van der Waals surface area contributed by atoms with E-state index in [9.17, 15) is 4.79 Å². The Hall–Kier alpha value is -1.83. The Labute approximate surface area is 108 Å². The fraction of sp³-hybridized carbons (Fsp3) is 0.312. The molecular formula is C16H19NO. The van der Waals surface area contributed by atoms with Gasteiger partial charge in [-0.05, 0) is 35.7 Å². The van der Waals surface area contributed by atoms with E-state index in [-0.39, 0.29) is 11.9 Å². The van der Waals surface area contributed by atoms with E-state index in [1.165, 1.54) is 0 Å². The minimum atomic E-state index is 0.0226. The average Bonchev–Trinajstić information content (AvgIpc) is 2.44. The van der Waals surface area contributed by atoms with Crippen molar-refractivity contribution in [3.8, 4) is 0 Å². The molecule has 1 N–H and O–H groups in total. The highest BCUT2D eigenvalue weighted by Gasteiger charge is 2.10. The summed E-state index contributed by atoms with van der Waals surface area (Å²) in [5.41, 5.74) is 0.737. The fourth-order valence-electron chi connectivity index (χ4n) is 2.09. The summed E-state index contributed by atoms with van der Waals surface area (Å²) in [6.45, 7) is 4.18. The van der Waals surface area contributed by atoms with Crippen LogP contribution >= 0.6 is 0 Å². The fourth-order valence-corrected chi connectivity index (χ4v) is 2.09. The van der Waals surface area contributed by atoms with Crippen LogP contribution in [0.2, 0.25) is 0 Å². The Morgan fingerprint density at radius 2 is 1.72 bits per heavy atom. The monoisotopic (exact) mass is 241 g/mol. The summed E-state index contributed by atoms with van der Waals surface area (Å²) in [6.07, 6.45) is 1.94. The maximum atomic E-state index is 12.1. The number of amides is 1. The molecule has 0 aromatic heterocycles. The van der Waals surface area contributed by atoms with E-state index in [4.69, 9.17) is 0 Å². The van der Waals surface area contributed by atoms with Gasteiger partial charge in [0.05, 0.1) is 0 Å². The molecule has 2 rings (SSSR count). The number of nitrogens with one attached hydrogen (secondary N) is 1. The second kappa shape index (κ2) is 5.67. The van der Waals surface area contributed by atoms with E-state index in [0.717, 1.165) is 29.2 Å². The van der Waals surface area contributed by atoms with Gasteiger partial charge in [0.1, 0.15) is 0 Å². The van der Waals surface area contributed by atoms with Crippen molar-refractivity contribution < 1.29 is 4.79 Å². The van der Waals surface area contributed by atoms with Gasteiger partial charge in [-0.25, -0.2) is 0 Å². The number of carbonyl (C=O) groups is 1. The maximum Gasteiger partial charge on any atom is 0.251 e. The van der Waals surface area contributed by atoms with Crippen molar-refractivity contribution in [3.63, 3.8) is 0 Å². The first-order chi connectivity index (χ1) is 8.74. The highest BCUT2D eigenvalue weighted by molar-refractivity contribution is 5.98. The minimum absolute atomic E-state index is 0.0226. The summed E-state index contributed by atoms with van der Waals surface area (Å²) >= 11 is 0. The summed E-state index contributed by atoms with van der Waals surface area (Å²) in [5.74, 6) is 0.0226. The second-order valence-corrected chi connectivity index (χ2v) is 4.55. The van der Waals surface area contributed by atoms with Crippen LogP contribution in [-0.2, 0) is 0 Å². The lowest BCUT2D eigenvalue weighted by molar-refractivity contribution is 0.0935. The van der Waals surface area contributed by atoms with Crippen molar-refractivity contribution in [1.29, 1.82) is 0 Å². The molecule has 0 unspecified atom stereocenters. The Kier molecular flexibility index (Phi) is 3.98. The van der Waals surface area contributed by atoms with Gasteiger partial charge in [0.2, 0.25) is 0 Å². The van der Waals surface area contributed by atoms with Crippen LogP contribution in [-0.4, -0.2) is 11.9 Å². The highest BCUT2D eigenvalue weighted by atomic mass is 16.1. The van der Waals surface area contributed by atoms with Gasteiger partial charge >= 0.3 is 0 Å². The first kappa shape index (κ1) is 12.6. The van der Waals surface area contributed by atoms with Crippen molar-refractivity contribution in [2.45, 2.75) is 32.7 Å². The zero-order valence-electron chi connectivity index (χ0n) is 10.9. The molecule has 0 radical (unpaired) electrons. The van der Waals surface area contributed by atoms with Crippen molar-refractivity contribution in [2.75, 3.05) is 0 Å². The number of carbonyl (C=O) groups excluding carboxylic acids is 1. The largest absolute Gasteiger partial charge is 0.349 e. The smallest absolute Gasteiger partial charge is 0.251 e. The first-order valence-electron chi connectivity index (χ1n) is 6.54. The lowest BCUT2D eigenvalue weighted by atomic mass is 10.1. The second-order valence-electron chi connectivity index (χ2n) is 4.55. The van der Waals surface area contributed by atoms with Crippen LogP contribution in [0, 0.1) is 0 Å². The quantitative estimate of drug-likeness (QED) is 0.867. The van der Waals surface area contributed by atoms with Gasteiger partial charge in [-0.1, -0.05) is 44.2 Å². The van der Waals surface area contributed by atoms with Crippen LogP contribution in [0.1, 0.15) is 37.0 Å². The normalized spacial score (nSPS) is 10.8. The number of hydrogen-bond donors (Lipinski definition) is 1. The van der Waals surface area contributed by atoms with Gasteiger partial charge < -0.3 is 5.32 Å². The van der Waals surface area contributed by atoms with Crippen molar-refractivity contribution in [1.82, 2.24) is 5.32 Å². The molecule has 0 heterocycles. The van der Waals surface area contributed by atoms with E-state index < -0.39 is 0 Å². The summed E-state index contributed by atoms with van der Waals surface area (Å²) in [4.78, 5) is 12.1. The van der Waals surface area contributed by atoms with Crippen LogP contribution in [0.4, 0.5) is 0 Å². The van der Waals surface area contributed by atoms with Crippen LogP contribution in [0.3, 0.4) is 0 Å². The van der Waals surface area contributed by atoms with Gasteiger partial charge in [0, 0.05) is 11.6 Å². The van der Waals surface area contributed by atoms with Crippen LogP contribution in [0.5, 0.6) is 0 Å². The lowest BCUT2D eigenvalue weighted by Gasteiger charge is -2.14.